The number of hydrogen-bond acceptors (Lipinski definition) is 4. The highest BCUT2D eigenvalue weighted by molar-refractivity contribution is 5.95. The van der Waals surface area contributed by atoms with Gasteiger partial charge in [-0.1, -0.05) is 24.3 Å². The van der Waals surface area contributed by atoms with Crippen LogP contribution >= 0.6 is 0 Å². The first-order valence-electron chi connectivity index (χ1n) is 11.6. The zero-order chi connectivity index (χ0) is 24.5. The van der Waals surface area contributed by atoms with Gasteiger partial charge in [-0.25, -0.2) is 8.78 Å². The van der Waals surface area contributed by atoms with Crippen LogP contribution in [0.15, 0.2) is 60.7 Å². The fraction of sp³-hybridized carbons (Fsp3) is 0.286. The number of allylic oxidation sites excluding steroid dienone is 1. The van der Waals surface area contributed by atoms with Crippen molar-refractivity contribution in [1.82, 2.24) is 4.90 Å². The maximum Gasteiger partial charge on any atom is 0.166 e. The lowest BCUT2D eigenvalue weighted by atomic mass is 9.86. The second-order valence-electron chi connectivity index (χ2n) is 9.02. The Bertz CT molecular complexity index is 1250. The average molecular weight is 482 g/mol. The predicted molar refractivity (Wildman–Crippen MR) is 128 cm³/mol. The van der Waals surface area contributed by atoms with Gasteiger partial charge in [0.1, 0.15) is 30.0 Å². The molecule has 1 N–H and O–H groups in total. The van der Waals surface area contributed by atoms with Crippen LogP contribution in [0, 0.1) is 17.6 Å². The molecule has 0 amide bonds. The topological polar surface area (TPSA) is 41.9 Å². The van der Waals surface area contributed by atoms with Gasteiger partial charge in [0.15, 0.2) is 11.6 Å². The largest absolute Gasteiger partial charge is 0.508 e. The lowest BCUT2D eigenvalue weighted by molar-refractivity contribution is 0.0668. The molecule has 0 saturated carbocycles. The highest BCUT2D eigenvalue weighted by Gasteiger charge is 2.32. The molecule has 2 aliphatic rings. The Kier molecular flexibility index (Phi) is 6.43. The molecule has 2 heterocycles. The Balaban J connectivity index is 1.41. The number of benzene rings is 3. The van der Waals surface area contributed by atoms with E-state index in [1.54, 1.807) is 12.1 Å². The van der Waals surface area contributed by atoms with Crippen molar-refractivity contribution in [3.63, 3.8) is 0 Å². The van der Waals surface area contributed by atoms with Crippen LogP contribution in [0.5, 0.6) is 17.2 Å². The number of halogens is 3. The number of hydrogen-bond donors (Lipinski definition) is 1. The van der Waals surface area contributed by atoms with Crippen molar-refractivity contribution >= 4 is 11.1 Å². The van der Waals surface area contributed by atoms with Crippen LogP contribution in [0.4, 0.5) is 13.2 Å². The van der Waals surface area contributed by atoms with Gasteiger partial charge < -0.3 is 14.6 Å². The maximum atomic E-state index is 14.9. The number of ether oxygens (including phenoxy) is 2. The lowest BCUT2D eigenvalue weighted by Crippen LogP contribution is -2.49. The third-order valence-corrected chi connectivity index (χ3v) is 6.63. The standard InChI is InChI=1S/C28H26F3NO3/c1-17-23-13-20(33)7-10-25(23)35-28(26(17)22-3-2-4-24(30)27(22)31)19-5-8-21(9-6-19)34-12-11-32-15-18(14-29)16-32/h2-10,13,18,28,33H,11-12,14-16H2,1H3/t28-/m0/s1. The van der Waals surface area contributed by atoms with E-state index in [4.69, 9.17) is 9.47 Å². The van der Waals surface area contributed by atoms with Crippen LogP contribution < -0.4 is 9.47 Å². The monoisotopic (exact) mass is 481 g/mol. The average Bonchev–Trinajstić information content (AvgIpc) is 2.83. The minimum atomic E-state index is -0.944. The van der Waals surface area contributed by atoms with Gasteiger partial charge in [-0.2, -0.15) is 0 Å². The highest BCUT2D eigenvalue weighted by atomic mass is 19.2. The summed E-state index contributed by atoms with van der Waals surface area (Å²) in [6.07, 6.45) is -0.684. The SMILES string of the molecule is CC1=C(c2cccc(F)c2F)[C@H](c2ccc(OCCN3CC(CF)C3)cc2)Oc2ccc(O)cc21. The minimum Gasteiger partial charge on any atom is -0.508 e. The van der Waals surface area contributed by atoms with E-state index in [9.17, 15) is 18.3 Å². The predicted octanol–water partition coefficient (Wildman–Crippen LogP) is 6.01. The van der Waals surface area contributed by atoms with Crippen molar-refractivity contribution in [2.45, 2.75) is 13.0 Å². The normalized spacial score (nSPS) is 18.1. The third kappa shape index (κ3) is 4.60. The number of rotatable bonds is 7. The Labute approximate surface area is 202 Å². The molecule has 2 aliphatic heterocycles. The van der Waals surface area contributed by atoms with Gasteiger partial charge in [0, 0.05) is 42.3 Å². The van der Waals surface area contributed by atoms with E-state index in [1.807, 2.05) is 31.2 Å². The number of aromatic hydroxyl groups is 1. The first-order chi connectivity index (χ1) is 16.9. The van der Waals surface area contributed by atoms with Crippen molar-refractivity contribution in [1.29, 1.82) is 0 Å². The second kappa shape index (κ2) is 9.66. The van der Waals surface area contributed by atoms with Crippen molar-refractivity contribution < 1.29 is 27.8 Å². The zero-order valence-corrected chi connectivity index (χ0v) is 19.3. The first kappa shape index (κ1) is 23.3. The fourth-order valence-corrected chi connectivity index (χ4v) is 4.72. The molecular formula is C28H26F3NO3. The van der Waals surface area contributed by atoms with E-state index >= 15 is 0 Å². The molecule has 35 heavy (non-hydrogen) atoms. The molecule has 0 spiro atoms. The van der Waals surface area contributed by atoms with Gasteiger partial charge in [-0.3, -0.25) is 9.29 Å². The summed E-state index contributed by atoms with van der Waals surface area (Å²) in [6.45, 7) is 4.30. The second-order valence-corrected chi connectivity index (χ2v) is 9.02. The first-order valence-corrected chi connectivity index (χ1v) is 11.6. The number of fused-ring (bicyclic) bond motifs is 1. The summed E-state index contributed by atoms with van der Waals surface area (Å²) in [4.78, 5) is 2.15. The lowest BCUT2D eigenvalue weighted by Gasteiger charge is -2.37. The molecule has 1 fully saturated rings. The molecule has 0 bridgehead atoms. The van der Waals surface area contributed by atoms with Gasteiger partial charge in [0.25, 0.3) is 0 Å². The van der Waals surface area contributed by atoms with Gasteiger partial charge in [-0.15, -0.1) is 0 Å². The minimum absolute atomic E-state index is 0.0594. The van der Waals surface area contributed by atoms with Crippen LogP contribution in [-0.2, 0) is 0 Å². The molecular weight excluding hydrogens is 455 g/mol. The molecule has 4 nitrogen and oxygen atoms in total. The van der Waals surface area contributed by atoms with Crippen LogP contribution in [-0.4, -0.2) is 42.9 Å². The fourth-order valence-electron chi connectivity index (χ4n) is 4.72. The number of alkyl halides is 1. The van der Waals surface area contributed by atoms with Crippen molar-refractivity contribution in [3.05, 3.63) is 89.0 Å². The van der Waals surface area contributed by atoms with Crippen LogP contribution in [0.25, 0.3) is 11.1 Å². The summed E-state index contributed by atoms with van der Waals surface area (Å²) in [5.41, 5.74) is 2.68. The number of nitrogens with zero attached hydrogens (tertiary/aromatic N) is 1. The van der Waals surface area contributed by atoms with E-state index in [2.05, 4.69) is 4.90 Å². The van der Waals surface area contributed by atoms with Crippen molar-refractivity contribution in [3.8, 4) is 17.2 Å². The van der Waals surface area contributed by atoms with Crippen LogP contribution in [0.1, 0.15) is 29.7 Å². The molecule has 0 unspecified atom stereocenters. The number of likely N-dealkylation sites (tertiary alicyclic amines) is 1. The molecule has 3 aromatic carbocycles. The number of phenolic OH excluding ortho intramolecular Hbond substituents is 1. The van der Waals surface area contributed by atoms with Gasteiger partial charge in [0.2, 0.25) is 0 Å². The van der Waals surface area contributed by atoms with E-state index in [1.165, 1.54) is 18.2 Å². The summed E-state index contributed by atoms with van der Waals surface area (Å²) in [6, 6.07) is 16.2. The smallest absolute Gasteiger partial charge is 0.166 e. The molecule has 0 aromatic heterocycles. The summed E-state index contributed by atoms with van der Waals surface area (Å²) in [5.74, 6) is -0.451. The Morgan fingerprint density at radius 1 is 1.03 bits per heavy atom. The van der Waals surface area contributed by atoms with Crippen molar-refractivity contribution in [2.75, 3.05) is 32.9 Å². The Morgan fingerprint density at radius 3 is 2.54 bits per heavy atom. The highest BCUT2D eigenvalue weighted by Crippen LogP contribution is 2.48. The molecule has 0 aliphatic carbocycles. The third-order valence-electron chi connectivity index (χ3n) is 6.63. The number of phenols is 1. The molecule has 7 heteroatoms. The van der Waals surface area contributed by atoms with E-state index in [0.717, 1.165) is 31.3 Å². The van der Waals surface area contributed by atoms with E-state index in [0.29, 0.717) is 34.8 Å². The van der Waals surface area contributed by atoms with Gasteiger partial charge in [-0.05, 0) is 54.5 Å². The molecule has 1 saturated heterocycles. The van der Waals surface area contributed by atoms with E-state index < -0.39 is 17.7 Å². The Hall–Kier alpha value is -3.45. The summed E-state index contributed by atoms with van der Waals surface area (Å²) in [7, 11) is 0. The summed E-state index contributed by atoms with van der Waals surface area (Å²) in [5, 5.41) is 9.98. The summed E-state index contributed by atoms with van der Waals surface area (Å²) >= 11 is 0. The molecule has 1 atom stereocenters. The van der Waals surface area contributed by atoms with Crippen LogP contribution in [0.3, 0.4) is 0 Å². The molecule has 5 rings (SSSR count). The summed E-state index contributed by atoms with van der Waals surface area (Å²) < 4.78 is 53.7. The molecule has 3 aromatic rings. The Morgan fingerprint density at radius 2 is 1.80 bits per heavy atom. The maximum absolute atomic E-state index is 14.9. The van der Waals surface area contributed by atoms with Crippen molar-refractivity contribution in [2.24, 2.45) is 5.92 Å². The van der Waals surface area contributed by atoms with Gasteiger partial charge in [0.05, 0.1) is 6.67 Å². The van der Waals surface area contributed by atoms with Gasteiger partial charge >= 0.3 is 0 Å². The van der Waals surface area contributed by atoms with Crippen LogP contribution in [0.2, 0.25) is 0 Å². The quantitative estimate of drug-likeness (QED) is 0.449. The molecule has 182 valence electrons. The zero-order valence-electron chi connectivity index (χ0n) is 19.3. The molecule has 0 radical (unpaired) electrons. The van der Waals surface area contributed by atoms with E-state index in [-0.39, 0.29) is 23.9 Å².